The van der Waals surface area contributed by atoms with E-state index in [1.807, 2.05) is 18.2 Å². The number of esters is 2. The summed E-state index contributed by atoms with van der Waals surface area (Å²) in [4.78, 5) is 21.0. The molecule has 4 nitrogen and oxygen atoms in total. The van der Waals surface area contributed by atoms with Crippen molar-refractivity contribution in [2.75, 3.05) is 13.2 Å². The second kappa shape index (κ2) is 14.7. The number of hydrogen-bond acceptors (Lipinski definition) is 4. The van der Waals surface area contributed by atoms with E-state index in [0.717, 1.165) is 12.8 Å². The normalized spacial score (nSPS) is 10.1. The van der Waals surface area contributed by atoms with Crippen LogP contribution in [0.4, 0.5) is 0 Å². The van der Waals surface area contributed by atoms with E-state index in [0.29, 0.717) is 6.61 Å². The van der Waals surface area contributed by atoms with Gasteiger partial charge >= 0.3 is 11.9 Å². The van der Waals surface area contributed by atoms with Crippen molar-refractivity contribution < 1.29 is 19.1 Å². The summed E-state index contributed by atoms with van der Waals surface area (Å²) < 4.78 is 9.49. The Morgan fingerprint density at radius 2 is 1.59 bits per heavy atom. The van der Waals surface area contributed by atoms with Gasteiger partial charge in [-0.05, 0) is 42.9 Å². The average Bonchev–Trinajstić information content (AvgIpc) is 2.46. The highest BCUT2D eigenvalue weighted by Gasteiger charge is 1.89. The largest absolute Gasteiger partial charge is 0.466 e. The van der Waals surface area contributed by atoms with E-state index < -0.39 is 0 Å². The van der Waals surface area contributed by atoms with Crippen molar-refractivity contribution in [2.24, 2.45) is 0 Å². The summed E-state index contributed by atoms with van der Waals surface area (Å²) in [6, 6.07) is 0. The molecule has 0 aromatic rings. The first kappa shape index (κ1) is 19.3. The summed E-state index contributed by atoms with van der Waals surface area (Å²) in [5.74, 6) is 10.2. The molecule has 0 saturated carbocycles. The van der Waals surface area contributed by atoms with E-state index in [4.69, 9.17) is 4.74 Å². The van der Waals surface area contributed by atoms with Crippen LogP contribution in [-0.2, 0) is 19.1 Å². The van der Waals surface area contributed by atoms with E-state index in [1.165, 1.54) is 13.8 Å². The van der Waals surface area contributed by atoms with Gasteiger partial charge in [0.15, 0.2) is 0 Å². The molecule has 0 unspecified atom stereocenters. The maximum absolute atomic E-state index is 10.5. The van der Waals surface area contributed by atoms with Gasteiger partial charge in [0.05, 0.1) is 6.61 Å². The molecule has 0 aliphatic rings. The van der Waals surface area contributed by atoms with Gasteiger partial charge in [0.25, 0.3) is 0 Å². The first-order valence-electron chi connectivity index (χ1n) is 6.87. The van der Waals surface area contributed by atoms with Gasteiger partial charge in [0.1, 0.15) is 6.61 Å². The average molecular weight is 300 g/mol. The Balaban J connectivity index is 3.73. The summed E-state index contributed by atoms with van der Waals surface area (Å²) in [6.07, 6.45) is 12.3. The Morgan fingerprint density at radius 1 is 0.909 bits per heavy atom. The quantitative estimate of drug-likeness (QED) is 0.314. The monoisotopic (exact) mass is 300 g/mol. The number of carbonyl (C=O) groups is 2. The minimum atomic E-state index is -0.318. The lowest BCUT2D eigenvalue weighted by molar-refractivity contribution is -0.141. The highest BCUT2D eigenvalue weighted by atomic mass is 16.5. The molecule has 0 fully saturated rings. The predicted molar refractivity (Wildman–Crippen MR) is 85.5 cm³/mol. The van der Waals surface area contributed by atoms with Crippen LogP contribution in [0.2, 0.25) is 0 Å². The van der Waals surface area contributed by atoms with E-state index in [9.17, 15) is 9.59 Å². The number of rotatable bonds is 7. The SMILES string of the molecule is CC(=O)OCC=CC#CC#CC=CC=CCCCOC(C)=O. The summed E-state index contributed by atoms with van der Waals surface area (Å²) >= 11 is 0. The lowest BCUT2D eigenvalue weighted by Gasteiger charge is -1.97. The summed E-state index contributed by atoms with van der Waals surface area (Å²) in [6.45, 7) is 3.42. The summed E-state index contributed by atoms with van der Waals surface area (Å²) in [5.41, 5.74) is 0. The minimum absolute atomic E-state index is 0.222. The number of carbonyl (C=O) groups excluding carboxylic acids is 2. The van der Waals surface area contributed by atoms with Crippen molar-refractivity contribution in [3.8, 4) is 23.7 Å². The number of ether oxygens (including phenoxy) is 2. The fourth-order valence-electron chi connectivity index (χ4n) is 1.12. The number of unbranched alkanes of at least 4 members (excludes halogenated alkanes) is 1. The van der Waals surface area contributed by atoms with Gasteiger partial charge in [-0.3, -0.25) is 9.59 Å². The van der Waals surface area contributed by atoms with Crippen LogP contribution in [0.15, 0.2) is 36.5 Å². The van der Waals surface area contributed by atoms with Crippen molar-refractivity contribution in [2.45, 2.75) is 26.7 Å². The Hall–Kier alpha value is -2.72. The van der Waals surface area contributed by atoms with Crippen molar-refractivity contribution in [3.05, 3.63) is 36.5 Å². The first-order chi connectivity index (χ1) is 10.6. The maximum Gasteiger partial charge on any atom is 0.302 e. The molecular weight excluding hydrogens is 280 g/mol. The fourth-order valence-corrected chi connectivity index (χ4v) is 1.12. The van der Waals surface area contributed by atoms with Crippen LogP contribution in [0.3, 0.4) is 0 Å². The third kappa shape index (κ3) is 17.3. The van der Waals surface area contributed by atoms with Crippen LogP contribution < -0.4 is 0 Å². The molecule has 0 aliphatic heterocycles. The molecule has 0 aromatic carbocycles. The molecule has 0 radical (unpaired) electrons. The van der Waals surface area contributed by atoms with Gasteiger partial charge in [-0.2, -0.15) is 0 Å². The molecule has 0 N–H and O–H groups in total. The van der Waals surface area contributed by atoms with Gasteiger partial charge in [-0.1, -0.05) is 30.1 Å². The Bertz CT molecular complexity index is 545. The van der Waals surface area contributed by atoms with Gasteiger partial charge in [-0.15, -0.1) is 0 Å². The molecule has 116 valence electrons. The second-order valence-corrected chi connectivity index (χ2v) is 4.01. The predicted octanol–water partition coefficient (Wildman–Crippen LogP) is 2.57. The van der Waals surface area contributed by atoms with Gasteiger partial charge in [-0.25, -0.2) is 0 Å². The molecule has 0 heterocycles. The maximum atomic E-state index is 10.5. The number of hydrogen-bond donors (Lipinski definition) is 0. The van der Waals surface area contributed by atoms with Crippen LogP contribution in [0.25, 0.3) is 0 Å². The molecule has 0 aromatic heterocycles. The summed E-state index contributed by atoms with van der Waals surface area (Å²) in [7, 11) is 0. The molecule has 0 aliphatic carbocycles. The lowest BCUT2D eigenvalue weighted by atomic mass is 10.3. The molecule has 0 atom stereocenters. The molecule has 22 heavy (non-hydrogen) atoms. The molecule has 0 spiro atoms. The molecule has 0 bridgehead atoms. The third-order valence-corrected chi connectivity index (χ3v) is 2.04. The molecule has 0 saturated heterocycles. The lowest BCUT2D eigenvalue weighted by Crippen LogP contribution is -1.99. The smallest absolute Gasteiger partial charge is 0.302 e. The summed E-state index contributed by atoms with van der Waals surface area (Å²) in [5, 5.41) is 0. The topological polar surface area (TPSA) is 52.6 Å². The van der Waals surface area contributed by atoms with E-state index in [2.05, 4.69) is 28.4 Å². The standard InChI is InChI=1S/C18H20O4/c1-17(19)21-15-13-11-9-7-5-3-4-6-8-10-12-14-16-22-18(2)20/h3,5,7,9,12,14H,11,13,15-16H2,1-2H3. The van der Waals surface area contributed by atoms with Crippen molar-refractivity contribution in [1.82, 2.24) is 0 Å². The second-order valence-electron chi connectivity index (χ2n) is 4.01. The van der Waals surface area contributed by atoms with Crippen molar-refractivity contribution in [1.29, 1.82) is 0 Å². The Labute approximate surface area is 131 Å². The number of allylic oxidation sites excluding steroid dienone is 5. The molecule has 4 heteroatoms. The Kier molecular flexibility index (Phi) is 12.9. The molecular formula is C18H20O4. The van der Waals surface area contributed by atoms with E-state index in [-0.39, 0.29) is 18.5 Å². The zero-order valence-electron chi connectivity index (χ0n) is 12.9. The zero-order valence-corrected chi connectivity index (χ0v) is 12.9. The van der Waals surface area contributed by atoms with Crippen LogP contribution in [-0.4, -0.2) is 25.2 Å². The molecule has 0 rings (SSSR count). The molecule has 0 amide bonds. The fraction of sp³-hybridized carbons (Fsp3) is 0.333. The van der Waals surface area contributed by atoms with Crippen LogP contribution in [0.5, 0.6) is 0 Å². The van der Waals surface area contributed by atoms with Crippen molar-refractivity contribution in [3.63, 3.8) is 0 Å². The Morgan fingerprint density at radius 3 is 2.27 bits per heavy atom. The minimum Gasteiger partial charge on any atom is -0.466 e. The van der Waals surface area contributed by atoms with E-state index in [1.54, 1.807) is 18.2 Å². The zero-order chi connectivity index (χ0) is 16.5. The first-order valence-corrected chi connectivity index (χ1v) is 6.87. The third-order valence-electron chi connectivity index (χ3n) is 2.04. The van der Waals surface area contributed by atoms with Gasteiger partial charge < -0.3 is 9.47 Å². The van der Waals surface area contributed by atoms with Gasteiger partial charge in [0.2, 0.25) is 0 Å². The van der Waals surface area contributed by atoms with Gasteiger partial charge in [0, 0.05) is 13.8 Å². The highest BCUT2D eigenvalue weighted by Crippen LogP contribution is 1.92. The van der Waals surface area contributed by atoms with Crippen LogP contribution >= 0.6 is 0 Å². The highest BCUT2D eigenvalue weighted by molar-refractivity contribution is 5.66. The van der Waals surface area contributed by atoms with Crippen molar-refractivity contribution >= 4 is 11.9 Å². The van der Waals surface area contributed by atoms with Crippen LogP contribution in [0, 0.1) is 23.7 Å². The van der Waals surface area contributed by atoms with E-state index >= 15 is 0 Å². The van der Waals surface area contributed by atoms with Crippen LogP contribution in [0.1, 0.15) is 26.7 Å².